The maximum Gasteiger partial charge on any atom is 0.338 e. The van der Waals surface area contributed by atoms with E-state index in [0.29, 0.717) is 26.2 Å². The number of methoxy groups -OCH3 is 1. The Hall–Kier alpha value is -0.650. The van der Waals surface area contributed by atoms with Crippen molar-refractivity contribution in [1.29, 1.82) is 0 Å². The van der Waals surface area contributed by atoms with Gasteiger partial charge in [-0.3, -0.25) is 0 Å². The van der Waals surface area contributed by atoms with Crippen molar-refractivity contribution in [3.05, 3.63) is 0 Å². The fraction of sp³-hybridized carbons (Fsp3) is 0.900. The normalized spacial score (nSPS) is 24.1. The highest BCUT2D eigenvalue weighted by atomic mass is 16.7. The zero-order valence-electron chi connectivity index (χ0n) is 8.86. The molecule has 1 saturated carbocycles. The van der Waals surface area contributed by atoms with E-state index >= 15 is 0 Å². The molecule has 0 unspecified atom stereocenters. The van der Waals surface area contributed by atoms with E-state index in [0.717, 1.165) is 12.8 Å². The van der Waals surface area contributed by atoms with E-state index in [1.807, 2.05) is 0 Å². The van der Waals surface area contributed by atoms with Crippen LogP contribution in [0.25, 0.3) is 0 Å². The molecule has 0 aromatic rings. The minimum absolute atomic E-state index is 0.168. The molecular weight excluding hydrogens is 200 g/mol. The van der Waals surface area contributed by atoms with E-state index in [1.165, 1.54) is 7.11 Å². The number of esters is 1. The summed E-state index contributed by atoms with van der Waals surface area (Å²) < 4.78 is 20.7. The van der Waals surface area contributed by atoms with Gasteiger partial charge in [0.25, 0.3) is 0 Å². The molecule has 86 valence electrons. The first-order valence-electron chi connectivity index (χ1n) is 5.22. The van der Waals surface area contributed by atoms with Crippen LogP contribution in [0.15, 0.2) is 0 Å². The Morgan fingerprint density at radius 1 is 1.40 bits per heavy atom. The van der Waals surface area contributed by atoms with E-state index in [2.05, 4.69) is 4.74 Å². The molecule has 1 aliphatic heterocycles. The Balaban J connectivity index is 1.67. The van der Waals surface area contributed by atoms with Crippen molar-refractivity contribution in [2.24, 2.45) is 0 Å². The lowest BCUT2D eigenvalue weighted by atomic mass is 10.3. The van der Waals surface area contributed by atoms with Crippen LogP contribution in [0, 0.1) is 0 Å². The van der Waals surface area contributed by atoms with Crippen molar-refractivity contribution in [2.45, 2.75) is 31.2 Å². The molecule has 2 fully saturated rings. The van der Waals surface area contributed by atoms with Crippen LogP contribution in [-0.4, -0.2) is 44.8 Å². The maximum atomic E-state index is 11.3. The van der Waals surface area contributed by atoms with E-state index in [9.17, 15) is 4.79 Å². The molecular formula is C10H16O5. The van der Waals surface area contributed by atoms with Crippen molar-refractivity contribution in [3.8, 4) is 0 Å². The average Bonchev–Trinajstić information content (AvgIpc) is 2.86. The smallest absolute Gasteiger partial charge is 0.338 e. The van der Waals surface area contributed by atoms with Crippen LogP contribution in [0.1, 0.15) is 19.3 Å². The Bertz CT molecular complexity index is 230. The van der Waals surface area contributed by atoms with Gasteiger partial charge in [-0.2, -0.15) is 0 Å². The summed E-state index contributed by atoms with van der Waals surface area (Å²) in [5.74, 6) is -0.268. The highest BCUT2D eigenvalue weighted by Crippen LogP contribution is 2.40. The molecule has 15 heavy (non-hydrogen) atoms. The van der Waals surface area contributed by atoms with Crippen LogP contribution in [0.4, 0.5) is 0 Å². The van der Waals surface area contributed by atoms with Crippen molar-refractivity contribution < 1.29 is 23.7 Å². The number of carbonyl (C=O) groups excluding carboxylic acids is 1. The molecule has 0 amide bonds. The molecule has 5 nitrogen and oxygen atoms in total. The molecule has 2 aliphatic rings. The fourth-order valence-electron chi connectivity index (χ4n) is 1.63. The number of hydrogen-bond donors (Lipinski definition) is 0. The Morgan fingerprint density at radius 2 is 2.07 bits per heavy atom. The third-order valence-corrected chi connectivity index (χ3v) is 2.68. The van der Waals surface area contributed by atoms with Crippen molar-refractivity contribution in [1.82, 2.24) is 0 Å². The third kappa shape index (κ3) is 2.48. The second-order valence-electron chi connectivity index (χ2n) is 3.79. The summed E-state index contributed by atoms with van der Waals surface area (Å²) in [6, 6.07) is 0. The van der Waals surface area contributed by atoms with Gasteiger partial charge in [-0.1, -0.05) is 0 Å². The lowest BCUT2D eigenvalue weighted by molar-refractivity contribution is -0.159. The largest absolute Gasteiger partial charge is 0.467 e. The molecule has 0 atom stereocenters. The lowest BCUT2D eigenvalue weighted by Crippen LogP contribution is -2.29. The predicted octanol–water partition coefficient (Wildman–Crippen LogP) is 0.472. The quantitative estimate of drug-likeness (QED) is 0.625. The summed E-state index contributed by atoms with van der Waals surface area (Å²) in [7, 11) is 1.38. The van der Waals surface area contributed by atoms with Crippen LogP contribution < -0.4 is 0 Å². The van der Waals surface area contributed by atoms with Crippen LogP contribution in [0.3, 0.4) is 0 Å². The van der Waals surface area contributed by atoms with Gasteiger partial charge in [0.1, 0.15) is 0 Å². The first-order chi connectivity index (χ1) is 7.27. The summed E-state index contributed by atoms with van der Waals surface area (Å²) in [6.45, 7) is 1.76. The molecule has 0 aromatic carbocycles. The predicted molar refractivity (Wildman–Crippen MR) is 50.2 cm³/mol. The number of ether oxygens (including phenoxy) is 4. The summed E-state index contributed by atoms with van der Waals surface area (Å²) in [6.07, 6.45) is 2.01. The van der Waals surface area contributed by atoms with Gasteiger partial charge in [0, 0.05) is 6.42 Å². The minimum Gasteiger partial charge on any atom is -0.467 e. The van der Waals surface area contributed by atoms with E-state index in [1.54, 1.807) is 0 Å². The molecule has 0 spiro atoms. The molecule has 1 aliphatic carbocycles. The highest BCUT2D eigenvalue weighted by Gasteiger charge is 2.52. The SMILES string of the molecule is COC(=O)C1(OCCC2OCCO2)CC1. The minimum atomic E-state index is -0.659. The Labute approximate surface area is 88.6 Å². The Morgan fingerprint density at radius 3 is 2.60 bits per heavy atom. The molecule has 0 bridgehead atoms. The standard InChI is InChI=1S/C10H16O5/c1-12-9(11)10(3-4-10)15-5-2-8-13-6-7-14-8/h8H,2-7H2,1H3. The summed E-state index contributed by atoms with van der Waals surface area (Å²) in [5.41, 5.74) is -0.659. The maximum absolute atomic E-state index is 11.3. The lowest BCUT2D eigenvalue weighted by Gasteiger charge is -2.15. The fourth-order valence-corrected chi connectivity index (χ4v) is 1.63. The van der Waals surface area contributed by atoms with E-state index < -0.39 is 5.60 Å². The average molecular weight is 216 g/mol. The topological polar surface area (TPSA) is 54.0 Å². The third-order valence-electron chi connectivity index (χ3n) is 2.68. The van der Waals surface area contributed by atoms with Crippen LogP contribution in [0.5, 0.6) is 0 Å². The first-order valence-corrected chi connectivity index (χ1v) is 5.22. The first kappa shape index (κ1) is 10.9. The van der Waals surface area contributed by atoms with Gasteiger partial charge in [-0.05, 0) is 12.8 Å². The van der Waals surface area contributed by atoms with Gasteiger partial charge in [0.2, 0.25) is 0 Å². The van der Waals surface area contributed by atoms with E-state index in [4.69, 9.17) is 14.2 Å². The molecule has 0 N–H and O–H groups in total. The molecule has 2 rings (SSSR count). The van der Waals surface area contributed by atoms with Gasteiger partial charge in [0.15, 0.2) is 11.9 Å². The molecule has 1 heterocycles. The van der Waals surface area contributed by atoms with Crippen molar-refractivity contribution in [2.75, 3.05) is 26.9 Å². The molecule has 0 aromatic heterocycles. The van der Waals surface area contributed by atoms with Crippen molar-refractivity contribution >= 4 is 5.97 Å². The monoisotopic (exact) mass is 216 g/mol. The van der Waals surface area contributed by atoms with Crippen LogP contribution in [0.2, 0.25) is 0 Å². The van der Waals surface area contributed by atoms with Crippen molar-refractivity contribution in [3.63, 3.8) is 0 Å². The van der Waals surface area contributed by atoms with Gasteiger partial charge >= 0.3 is 5.97 Å². The zero-order valence-corrected chi connectivity index (χ0v) is 8.86. The molecule has 1 saturated heterocycles. The molecule has 5 heteroatoms. The second-order valence-corrected chi connectivity index (χ2v) is 3.79. The number of carbonyl (C=O) groups is 1. The Kier molecular flexibility index (Phi) is 3.23. The van der Waals surface area contributed by atoms with Gasteiger partial charge in [-0.25, -0.2) is 4.79 Å². The number of rotatable bonds is 5. The van der Waals surface area contributed by atoms with Crippen LogP contribution in [-0.2, 0) is 23.7 Å². The second kappa shape index (κ2) is 4.47. The van der Waals surface area contributed by atoms with Gasteiger partial charge in [0.05, 0.1) is 26.9 Å². The van der Waals surface area contributed by atoms with Gasteiger partial charge in [-0.15, -0.1) is 0 Å². The number of hydrogen-bond acceptors (Lipinski definition) is 5. The highest BCUT2D eigenvalue weighted by molar-refractivity contribution is 5.82. The zero-order chi connectivity index (χ0) is 10.7. The van der Waals surface area contributed by atoms with Crippen LogP contribution >= 0.6 is 0 Å². The summed E-state index contributed by atoms with van der Waals surface area (Å²) >= 11 is 0. The summed E-state index contributed by atoms with van der Waals surface area (Å²) in [5, 5.41) is 0. The summed E-state index contributed by atoms with van der Waals surface area (Å²) in [4.78, 5) is 11.3. The van der Waals surface area contributed by atoms with Gasteiger partial charge < -0.3 is 18.9 Å². The van der Waals surface area contributed by atoms with E-state index in [-0.39, 0.29) is 12.3 Å². The molecule has 0 radical (unpaired) electrons.